The number of aliphatic hydroxyl groups is 3. The van der Waals surface area contributed by atoms with Crippen LogP contribution < -0.4 is 0 Å². The predicted molar refractivity (Wildman–Crippen MR) is 72.1 cm³/mol. The molecular weight excluding hydrogens is 372 g/mol. The average Bonchev–Trinajstić information content (AvgIpc) is 2.48. The molecule has 0 bridgehead atoms. The van der Waals surface area contributed by atoms with E-state index in [1.54, 1.807) is 0 Å². The normalized spacial score (nSPS) is 32.2. The van der Waals surface area contributed by atoms with Crippen molar-refractivity contribution in [2.45, 2.75) is 24.1 Å². The number of aliphatic hydroxyl groups excluding tert-OH is 2. The van der Waals surface area contributed by atoms with Crippen LogP contribution in [0.3, 0.4) is 0 Å². The molecule has 0 aromatic rings. The predicted octanol–water partition coefficient (Wildman–Crippen LogP) is -4.28. The molecule has 0 spiro atoms. The molecule has 7 N–H and O–H groups in total. The molecule has 0 amide bonds. The van der Waals surface area contributed by atoms with Crippen molar-refractivity contribution < 1.29 is 57.8 Å². The van der Waals surface area contributed by atoms with Crippen molar-refractivity contribution in [2.24, 2.45) is 0 Å². The van der Waals surface area contributed by atoms with Gasteiger partial charge in [0.1, 0.15) is 24.9 Å². The van der Waals surface area contributed by atoms with Crippen LogP contribution in [0.1, 0.15) is 0 Å². The van der Waals surface area contributed by atoms with Gasteiger partial charge in [0.2, 0.25) is 5.79 Å². The Balaban J connectivity index is 0. The fourth-order valence-electron chi connectivity index (χ4n) is 1.47. The molecule has 1 aliphatic rings. The monoisotopic (exact) mass is 388 g/mol. The topological polar surface area (TPSA) is 203 Å². The van der Waals surface area contributed by atoms with Crippen LogP contribution in [0.5, 0.6) is 0 Å². The summed E-state index contributed by atoms with van der Waals surface area (Å²) < 4.78 is 33.6. The Hall–Kier alpha value is 2.06. The number of phosphoric ester groups is 2. The third kappa shape index (κ3) is 8.43. The fourth-order valence-corrected chi connectivity index (χ4v) is 2.17. The standard InChI is InChI=1S/C6H14O12P2.2Na.2H/c7-4-3(1-16-19(10,11)12)18-6(9,5(4)8)2-17-20(13,14)15;;;;/h3-5,7-9H,1-2H2,(H2,10,11,12)(H2,13,14,15);;;;/t3-,4-,5+,6-;;;;/m1..../s1. The van der Waals surface area contributed by atoms with Crippen LogP contribution in [0.4, 0.5) is 0 Å². The van der Waals surface area contributed by atoms with Crippen LogP contribution in [0.2, 0.25) is 0 Å². The summed E-state index contributed by atoms with van der Waals surface area (Å²) in [6.45, 7) is -2.05. The zero-order chi connectivity index (χ0) is 15.8. The third-order valence-corrected chi connectivity index (χ3v) is 3.32. The van der Waals surface area contributed by atoms with Crippen molar-refractivity contribution in [2.75, 3.05) is 13.2 Å². The number of ether oxygens (including phenoxy) is 1. The van der Waals surface area contributed by atoms with Gasteiger partial charge in [-0.05, 0) is 0 Å². The maximum atomic E-state index is 10.5. The Morgan fingerprint density at radius 1 is 1.00 bits per heavy atom. The summed E-state index contributed by atoms with van der Waals surface area (Å²) in [6, 6.07) is 0. The van der Waals surface area contributed by atoms with Crippen molar-refractivity contribution in [3.8, 4) is 0 Å². The SMILES string of the molecule is O=P(O)(O)OC[C@H]1O[C@](O)(COP(=O)(O)O)[C@@H](O)[C@@H]1O.[NaH].[NaH]. The first-order valence-electron chi connectivity index (χ1n) is 5.00. The van der Waals surface area contributed by atoms with Crippen molar-refractivity contribution >= 4 is 74.8 Å². The molecule has 1 heterocycles. The van der Waals surface area contributed by atoms with Crippen LogP contribution >= 0.6 is 15.6 Å². The van der Waals surface area contributed by atoms with E-state index in [2.05, 4.69) is 13.8 Å². The van der Waals surface area contributed by atoms with Crippen LogP contribution in [0.15, 0.2) is 0 Å². The molecule has 4 atom stereocenters. The zero-order valence-corrected chi connectivity index (χ0v) is 11.5. The minimum atomic E-state index is -4.96. The summed E-state index contributed by atoms with van der Waals surface area (Å²) in [5.41, 5.74) is 0. The zero-order valence-electron chi connectivity index (χ0n) is 9.71. The van der Waals surface area contributed by atoms with Crippen LogP contribution in [-0.4, -0.2) is 131 Å². The molecule has 0 aliphatic carbocycles. The minimum absolute atomic E-state index is 0. The second kappa shape index (κ2) is 9.67. The number of hydrogen-bond donors (Lipinski definition) is 7. The third-order valence-electron chi connectivity index (χ3n) is 2.37. The van der Waals surface area contributed by atoms with Gasteiger partial charge in [-0.25, -0.2) is 9.13 Å². The molecule has 124 valence electrons. The van der Waals surface area contributed by atoms with Gasteiger partial charge in [0.25, 0.3) is 0 Å². The molecule has 22 heavy (non-hydrogen) atoms. The number of phosphoric acid groups is 2. The van der Waals surface area contributed by atoms with E-state index in [4.69, 9.17) is 19.6 Å². The Bertz CT molecular complexity index is 437. The second-order valence-corrected chi connectivity index (χ2v) is 6.47. The van der Waals surface area contributed by atoms with E-state index in [0.717, 1.165) is 0 Å². The molecule has 1 rings (SSSR count). The van der Waals surface area contributed by atoms with Gasteiger partial charge in [-0.3, -0.25) is 9.05 Å². The first-order chi connectivity index (χ1) is 8.84. The average molecular weight is 388 g/mol. The molecule has 1 fully saturated rings. The van der Waals surface area contributed by atoms with Crippen LogP contribution in [0.25, 0.3) is 0 Å². The van der Waals surface area contributed by atoms with Gasteiger partial charge in [0.05, 0.1) is 6.61 Å². The molecule has 0 aromatic carbocycles. The summed E-state index contributed by atoms with van der Waals surface area (Å²) in [4.78, 5) is 33.9. The van der Waals surface area contributed by atoms with Crippen molar-refractivity contribution in [1.82, 2.24) is 0 Å². The first kappa shape index (κ1) is 26.3. The van der Waals surface area contributed by atoms with Gasteiger partial charge in [-0.15, -0.1) is 0 Å². The molecule has 1 aliphatic heterocycles. The van der Waals surface area contributed by atoms with Gasteiger partial charge >= 0.3 is 74.8 Å². The molecule has 0 saturated carbocycles. The summed E-state index contributed by atoms with van der Waals surface area (Å²) >= 11 is 0. The summed E-state index contributed by atoms with van der Waals surface area (Å²) in [5.74, 6) is -2.66. The fraction of sp³-hybridized carbons (Fsp3) is 1.00. The number of rotatable bonds is 6. The van der Waals surface area contributed by atoms with Crippen molar-refractivity contribution in [3.05, 3.63) is 0 Å². The molecule has 12 nitrogen and oxygen atoms in total. The van der Waals surface area contributed by atoms with E-state index in [9.17, 15) is 24.4 Å². The first-order valence-corrected chi connectivity index (χ1v) is 8.07. The molecule has 0 unspecified atom stereocenters. The van der Waals surface area contributed by atoms with Crippen LogP contribution in [0, 0.1) is 0 Å². The summed E-state index contributed by atoms with van der Waals surface area (Å²) in [5, 5.41) is 28.8. The van der Waals surface area contributed by atoms with Gasteiger partial charge < -0.3 is 39.6 Å². The van der Waals surface area contributed by atoms with E-state index in [1.165, 1.54) is 0 Å². The molecular formula is C6H16Na2O12P2. The van der Waals surface area contributed by atoms with Gasteiger partial charge in [0.15, 0.2) is 0 Å². The Labute approximate surface area is 168 Å². The van der Waals surface area contributed by atoms with E-state index in [1.807, 2.05) is 0 Å². The quantitative estimate of drug-likeness (QED) is 0.171. The number of hydrogen-bond acceptors (Lipinski definition) is 8. The van der Waals surface area contributed by atoms with E-state index >= 15 is 0 Å². The molecule has 1 saturated heterocycles. The van der Waals surface area contributed by atoms with Gasteiger partial charge in [-0.1, -0.05) is 0 Å². The van der Waals surface area contributed by atoms with E-state index in [0.29, 0.717) is 0 Å². The van der Waals surface area contributed by atoms with E-state index in [-0.39, 0.29) is 59.1 Å². The Kier molecular flexibility index (Phi) is 11.6. The molecule has 16 heteroatoms. The van der Waals surface area contributed by atoms with Crippen LogP contribution in [-0.2, 0) is 22.9 Å². The van der Waals surface area contributed by atoms with Gasteiger partial charge in [0, 0.05) is 0 Å². The molecule has 0 aromatic heterocycles. The van der Waals surface area contributed by atoms with E-state index < -0.39 is 53.0 Å². The maximum absolute atomic E-state index is 10.5. The second-order valence-electron chi connectivity index (χ2n) is 3.99. The Morgan fingerprint density at radius 3 is 1.86 bits per heavy atom. The van der Waals surface area contributed by atoms with Gasteiger partial charge in [-0.2, -0.15) is 0 Å². The van der Waals surface area contributed by atoms with Crippen molar-refractivity contribution in [3.63, 3.8) is 0 Å². The van der Waals surface area contributed by atoms with Crippen molar-refractivity contribution in [1.29, 1.82) is 0 Å². The Morgan fingerprint density at radius 2 is 1.45 bits per heavy atom. The summed E-state index contributed by atoms with van der Waals surface area (Å²) in [6.07, 6.45) is -5.38. The summed E-state index contributed by atoms with van der Waals surface area (Å²) in [7, 11) is -9.82. The molecule has 0 radical (unpaired) electrons.